The van der Waals surface area contributed by atoms with Crippen molar-refractivity contribution >= 4 is 46.3 Å². The van der Waals surface area contributed by atoms with Gasteiger partial charge in [-0.25, -0.2) is 0 Å². The van der Waals surface area contributed by atoms with Gasteiger partial charge in [0, 0.05) is 49.0 Å². The molecule has 0 spiro atoms. The Morgan fingerprint density at radius 1 is 1.11 bits per heavy atom. The zero-order valence-corrected chi connectivity index (χ0v) is 21.2. The lowest BCUT2D eigenvalue weighted by molar-refractivity contribution is -0.118. The second-order valence-corrected chi connectivity index (χ2v) is 9.60. The van der Waals surface area contributed by atoms with Crippen LogP contribution in [0.4, 0.5) is 5.69 Å². The summed E-state index contributed by atoms with van der Waals surface area (Å²) in [5.41, 5.74) is 2.71. The number of benzene rings is 2. The summed E-state index contributed by atoms with van der Waals surface area (Å²) in [6, 6.07) is 14.3. The number of thiophene rings is 1. The number of aliphatic hydroxyl groups excluding tert-OH is 1. The van der Waals surface area contributed by atoms with E-state index in [9.17, 15) is 19.5 Å². The zero-order valence-electron chi connectivity index (χ0n) is 19.7. The Labute approximate surface area is 217 Å². The molecular weight excluding hydrogens is 502 g/mol. The predicted molar refractivity (Wildman–Crippen MR) is 140 cm³/mol. The summed E-state index contributed by atoms with van der Waals surface area (Å²) in [6.45, 7) is 2.30. The topological polar surface area (TPSA) is 108 Å². The van der Waals surface area contributed by atoms with Gasteiger partial charge in [-0.2, -0.15) is 0 Å². The molecule has 0 saturated heterocycles. The first-order chi connectivity index (χ1) is 17.4. The third-order valence-corrected chi connectivity index (χ3v) is 7.14. The number of halogens is 1. The second kappa shape index (κ2) is 11.6. The van der Waals surface area contributed by atoms with Crippen LogP contribution in [-0.4, -0.2) is 55.7 Å². The molecule has 0 saturated carbocycles. The monoisotopic (exact) mass is 527 g/mol. The standard InChI is InChI=1S/C26H26ClN3O5S/c1-16(32)28-9-10-29-25(33)18-6-7-21(20(27)14-18)30(11-12-31)26(34)23-15-17-8-13-35-22-5-3-2-4-19(22)24(17)36-23/h2-7,14-15,31H,8-13H2,1H3,(H,28,32)(H,29,33). The summed E-state index contributed by atoms with van der Waals surface area (Å²) >= 11 is 7.89. The molecule has 1 aliphatic rings. The number of anilines is 1. The smallest absolute Gasteiger partial charge is 0.268 e. The number of ether oxygens (including phenoxy) is 1. The molecule has 3 aromatic rings. The highest BCUT2D eigenvalue weighted by molar-refractivity contribution is 7.17. The van der Waals surface area contributed by atoms with Gasteiger partial charge in [-0.15, -0.1) is 11.3 Å². The third-order valence-electron chi connectivity index (χ3n) is 5.63. The number of hydrogen-bond donors (Lipinski definition) is 3. The average molecular weight is 528 g/mol. The molecular formula is C26H26ClN3O5S. The van der Waals surface area contributed by atoms with Gasteiger partial charge in [0.2, 0.25) is 5.91 Å². The van der Waals surface area contributed by atoms with E-state index in [4.69, 9.17) is 16.3 Å². The number of fused-ring (bicyclic) bond motifs is 3. The lowest BCUT2D eigenvalue weighted by atomic mass is 10.1. The first kappa shape index (κ1) is 25.7. The highest BCUT2D eigenvalue weighted by atomic mass is 35.5. The van der Waals surface area contributed by atoms with Crippen LogP contribution >= 0.6 is 22.9 Å². The van der Waals surface area contributed by atoms with Crippen LogP contribution in [0.3, 0.4) is 0 Å². The van der Waals surface area contributed by atoms with Crippen molar-refractivity contribution in [3.63, 3.8) is 0 Å². The van der Waals surface area contributed by atoms with Gasteiger partial charge in [0.05, 0.1) is 28.8 Å². The van der Waals surface area contributed by atoms with Crippen molar-refractivity contribution in [2.24, 2.45) is 0 Å². The van der Waals surface area contributed by atoms with Crippen LogP contribution in [0.2, 0.25) is 5.02 Å². The van der Waals surface area contributed by atoms with Crippen molar-refractivity contribution in [3.05, 3.63) is 69.6 Å². The molecule has 0 bridgehead atoms. The molecule has 1 aromatic heterocycles. The van der Waals surface area contributed by atoms with Crippen molar-refractivity contribution in [3.8, 4) is 16.2 Å². The molecule has 0 aliphatic carbocycles. The fourth-order valence-electron chi connectivity index (χ4n) is 3.95. The van der Waals surface area contributed by atoms with E-state index in [0.717, 1.165) is 21.8 Å². The minimum absolute atomic E-state index is 0.0447. The van der Waals surface area contributed by atoms with E-state index >= 15 is 0 Å². The van der Waals surface area contributed by atoms with E-state index in [-0.39, 0.29) is 42.4 Å². The Hall–Kier alpha value is -3.40. The quantitative estimate of drug-likeness (QED) is 0.389. The summed E-state index contributed by atoms with van der Waals surface area (Å²) in [7, 11) is 0. The molecule has 1 aliphatic heterocycles. The maximum atomic E-state index is 13.6. The largest absolute Gasteiger partial charge is 0.493 e. The number of hydrogen-bond acceptors (Lipinski definition) is 6. The summed E-state index contributed by atoms with van der Waals surface area (Å²) in [6.07, 6.45) is 0.681. The number of nitrogens with one attached hydrogen (secondary N) is 2. The summed E-state index contributed by atoms with van der Waals surface area (Å²) < 4.78 is 5.84. The van der Waals surface area contributed by atoms with Crippen molar-refractivity contribution < 1.29 is 24.2 Å². The number of rotatable bonds is 8. The van der Waals surface area contributed by atoms with Crippen LogP contribution < -0.4 is 20.3 Å². The average Bonchev–Trinajstić information content (AvgIpc) is 3.21. The molecule has 36 heavy (non-hydrogen) atoms. The number of nitrogens with zero attached hydrogens (tertiary/aromatic N) is 1. The van der Waals surface area contributed by atoms with Gasteiger partial charge in [-0.1, -0.05) is 23.7 Å². The van der Waals surface area contributed by atoms with E-state index in [2.05, 4.69) is 10.6 Å². The molecule has 3 amide bonds. The molecule has 0 unspecified atom stereocenters. The van der Waals surface area contributed by atoms with Gasteiger partial charge in [0.15, 0.2) is 0 Å². The third kappa shape index (κ3) is 5.70. The number of para-hydroxylation sites is 1. The van der Waals surface area contributed by atoms with Crippen molar-refractivity contribution in [2.75, 3.05) is 37.7 Å². The summed E-state index contributed by atoms with van der Waals surface area (Å²) in [4.78, 5) is 39.9. The first-order valence-corrected chi connectivity index (χ1v) is 12.7. The minimum atomic E-state index is -0.350. The first-order valence-electron chi connectivity index (χ1n) is 11.5. The van der Waals surface area contributed by atoms with Gasteiger partial charge in [-0.3, -0.25) is 14.4 Å². The van der Waals surface area contributed by atoms with Crippen LogP contribution in [0, 0.1) is 0 Å². The Morgan fingerprint density at radius 3 is 2.64 bits per heavy atom. The van der Waals surface area contributed by atoms with Crippen molar-refractivity contribution in [1.82, 2.24) is 10.6 Å². The highest BCUT2D eigenvalue weighted by Gasteiger charge is 2.26. The van der Waals surface area contributed by atoms with Crippen LogP contribution in [0.25, 0.3) is 10.4 Å². The van der Waals surface area contributed by atoms with Crippen LogP contribution in [0.15, 0.2) is 48.5 Å². The van der Waals surface area contributed by atoms with Gasteiger partial charge in [-0.05, 0) is 42.0 Å². The van der Waals surface area contributed by atoms with Crippen LogP contribution in [-0.2, 0) is 11.2 Å². The molecule has 8 nitrogen and oxygen atoms in total. The maximum absolute atomic E-state index is 13.6. The molecule has 2 heterocycles. The summed E-state index contributed by atoms with van der Waals surface area (Å²) in [5, 5.41) is 15.2. The highest BCUT2D eigenvalue weighted by Crippen LogP contribution is 2.41. The predicted octanol–water partition coefficient (Wildman–Crippen LogP) is 3.51. The Bertz CT molecular complexity index is 1290. The van der Waals surface area contributed by atoms with E-state index in [0.29, 0.717) is 35.7 Å². The van der Waals surface area contributed by atoms with Crippen LogP contribution in [0.1, 0.15) is 32.5 Å². The Balaban J connectivity index is 1.56. The minimum Gasteiger partial charge on any atom is -0.493 e. The lowest BCUT2D eigenvalue weighted by Gasteiger charge is -2.23. The summed E-state index contributed by atoms with van der Waals surface area (Å²) in [5.74, 6) is -0.0186. The molecule has 0 fully saturated rings. The fourth-order valence-corrected chi connectivity index (χ4v) is 5.42. The molecule has 4 rings (SSSR count). The van der Waals surface area contributed by atoms with Gasteiger partial charge in [0.25, 0.3) is 11.8 Å². The molecule has 10 heteroatoms. The second-order valence-electron chi connectivity index (χ2n) is 8.15. The zero-order chi connectivity index (χ0) is 25.7. The number of amides is 3. The van der Waals surface area contributed by atoms with Crippen molar-refractivity contribution in [1.29, 1.82) is 0 Å². The van der Waals surface area contributed by atoms with E-state index in [1.807, 2.05) is 30.3 Å². The lowest BCUT2D eigenvalue weighted by Crippen LogP contribution is -2.34. The Kier molecular flexibility index (Phi) is 8.25. The molecule has 3 N–H and O–H groups in total. The molecule has 188 valence electrons. The van der Waals surface area contributed by atoms with E-state index in [1.54, 1.807) is 12.1 Å². The number of carbonyl (C=O) groups excluding carboxylic acids is 3. The van der Waals surface area contributed by atoms with Crippen LogP contribution in [0.5, 0.6) is 5.75 Å². The number of aliphatic hydroxyl groups is 1. The van der Waals surface area contributed by atoms with Gasteiger partial charge >= 0.3 is 0 Å². The van der Waals surface area contributed by atoms with E-state index < -0.39 is 0 Å². The normalized spacial score (nSPS) is 12.0. The number of carbonyl (C=O) groups is 3. The molecule has 0 atom stereocenters. The maximum Gasteiger partial charge on any atom is 0.268 e. The Morgan fingerprint density at radius 2 is 1.89 bits per heavy atom. The SMILES string of the molecule is CC(=O)NCCNC(=O)c1ccc(N(CCO)C(=O)c2cc3c(s2)-c2ccccc2OCC3)c(Cl)c1. The van der Waals surface area contributed by atoms with Crippen molar-refractivity contribution in [2.45, 2.75) is 13.3 Å². The van der Waals surface area contributed by atoms with Gasteiger partial charge in [0.1, 0.15) is 5.75 Å². The molecule has 2 aromatic carbocycles. The molecule has 0 radical (unpaired) electrons. The fraction of sp³-hybridized carbons (Fsp3) is 0.269. The van der Waals surface area contributed by atoms with Gasteiger partial charge < -0.3 is 25.4 Å². The van der Waals surface area contributed by atoms with E-state index in [1.165, 1.54) is 29.2 Å².